The number of carbonyl (C=O) groups excluding carboxylic acids is 1. The number of hydrogen-bond donors (Lipinski definition) is 2. The third-order valence-electron chi connectivity index (χ3n) is 2.67. The van der Waals surface area contributed by atoms with Crippen LogP contribution in [0.4, 0.5) is 11.4 Å². The number of nitrogens with zero attached hydrogens (tertiary/aromatic N) is 1. The van der Waals surface area contributed by atoms with Gasteiger partial charge in [-0.2, -0.15) is 0 Å². The summed E-state index contributed by atoms with van der Waals surface area (Å²) < 4.78 is 0. The van der Waals surface area contributed by atoms with Gasteiger partial charge in [-0.15, -0.1) is 0 Å². The number of anilines is 2. The van der Waals surface area contributed by atoms with Gasteiger partial charge in [0.2, 0.25) is 0 Å². The second-order valence-electron chi connectivity index (χ2n) is 4.10. The maximum atomic E-state index is 12.2. The third kappa shape index (κ3) is 3.03. The molecule has 19 heavy (non-hydrogen) atoms. The lowest BCUT2D eigenvalue weighted by Crippen LogP contribution is -2.14. The number of rotatable bonds is 3. The molecule has 0 saturated heterocycles. The minimum atomic E-state index is -0.223. The van der Waals surface area contributed by atoms with Crippen molar-refractivity contribution in [2.24, 2.45) is 0 Å². The van der Waals surface area contributed by atoms with Crippen LogP contribution in [0.25, 0.3) is 0 Å². The van der Waals surface area contributed by atoms with Crippen molar-refractivity contribution in [3.05, 3.63) is 52.8 Å². The molecule has 1 aromatic carbocycles. The Balaban J connectivity index is 2.28. The maximum absolute atomic E-state index is 12.2. The van der Waals surface area contributed by atoms with Crippen LogP contribution in [-0.4, -0.2) is 17.9 Å². The minimum absolute atomic E-state index is 0.223. The SMILES string of the molecule is CNc1ccccc1C(=O)Nc1cc(C)cnc1Cl. The zero-order valence-electron chi connectivity index (χ0n) is 10.7. The molecule has 0 aliphatic rings. The van der Waals surface area contributed by atoms with Crippen LogP contribution in [0.1, 0.15) is 15.9 Å². The number of hydrogen-bond acceptors (Lipinski definition) is 3. The summed E-state index contributed by atoms with van der Waals surface area (Å²) in [6.07, 6.45) is 1.65. The Hall–Kier alpha value is -2.07. The molecule has 98 valence electrons. The Labute approximate surface area is 116 Å². The molecule has 2 rings (SSSR count). The summed E-state index contributed by atoms with van der Waals surface area (Å²) >= 11 is 5.96. The summed E-state index contributed by atoms with van der Waals surface area (Å²) in [6, 6.07) is 9.05. The monoisotopic (exact) mass is 275 g/mol. The van der Waals surface area contributed by atoms with Gasteiger partial charge in [0.25, 0.3) is 5.91 Å². The normalized spacial score (nSPS) is 10.1. The first-order valence-electron chi connectivity index (χ1n) is 5.82. The second kappa shape index (κ2) is 5.71. The van der Waals surface area contributed by atoms with Gasteiger partial charge in [0.1, 0.15) is 0 Å². The molecule has 0 aliphatic heterocycles. The number of pyridine rings is 1. The molecule has 0 spiro atoms. The van der Waals surface area contributed by atoms with Crippen LogP contribution in [0.3, 0.4) is 0 Å². The van der Waals surface area contributed by atoms with Crippen LogP contribution in [0.2, 0.25) is 5.15 Å². The number of benzene rings is 1. The van der Waals surface area contributed by atoms with Crippen LogP contribution in [0, 0.1) is 6.92 Å². The van der Waals surface area contributed by atoms with Gasteiger partial charge in [-0.3, -0.25) is 4.79 Å². The molecule has 2 N–H and O–H groups in total. The second-order valence-corrected chi connectivity index (χ2v) is 4.46. The van der Waals surface area contributed by atoms with Gasteiger partial charge in [0.15, 0.2) is 5.15 Å². The third-order valence-corrected chi connectivity index (χ3v) is 2.97. The van der Waals surface area contributed by atoms with Crippen molar-refractivity contribution in [1.82, 2.24) is 4.98 Å². The minimum Gasteiger partial charge on any atom is -0.387 e. The highest BCUT2D eigenvalue weighted by Gasteiger charge is 2.12. The smallest absolute Gasteiger partial charge is 0.257 e. The topological polar surface area (TPSA) is 54.0 Å². The van der Waals surface area contributed by atoms with Crippen LogP contribution in [-0.2, 0) is 0 Å². The summed E-state index contributed by atoms with van der Waals surface area (Å²) in [4.78, 5) is 16.2. The molecule has 1 aromatic heterocycles. The molecular formula is C14H14ClN3O. The lowest BCUT2D eigenvalue weighted by molar-refractivity contribution is 0.102. The molecule has 0 fully saturated rings. The van der Waals surface area contributed by atoms with E-state index in [0.717, 1.165) is 11.3 Å². The zero-order valence-corrected chi connectivity index (χ0v) is 11.5. The Morgan fingerprint density at radius 1 is 1.26 bits per heavy atom. The molecule has 0 radical (unpaired) electrons. The average Bonchev–Trinajstić information content (AvgIpc) is 2.42. The standard InChI is InChI=1S/C14H14ClN3O/c1-9-7-12(13(15)17-8-9)18-14(19)10-5-3-4-6-11(10)16-2/h3-8,16H,1-2H3,(H,18,19). The van der Waals surface area contributed by atoms with Gasteiger partial charge < -0.3 is 10.6 Å². The predicted octanol–water partition coefficient (Wildman–Crippen LogP) is 3.34. The number of carbonyl (C=O) groups is 1. The number of amides is 1. The number of aryl methyl sites for hydroxylation is 1. The Morgan fingerprint density at radius 3 is 2.74 bits per heavy atom. The number of para-hydroxylation sites is 1. The van der Waals surface area contributed by atoms with Crippen LogP contribution in [0.15, 0.2) is 36.5 Å². The summed E-state index contributed by atoms with van der Waals surface area (Å²) in [5, 5.41) is 6.03. The molecule has 4 nitrogen and oxygen atoms in total. The highest BCUT2D eigenvalue weighted by atomic mass is 35.5. The fourth-order valence-electron chi connectivity index (χ4n) is 1.73. The molecule has 2 aromatic rings. The average molecular weight is 276 g/mol. The fraction of sp³-hybridized carbons (Fsp3) is 0.143. The summed E-state index contributed by atoms with van der Waals surface area (Å²) in [6.45, 7) is 1.89. The van der Waals surface area contributed by atoms with Gasteiger partial charge in [-0.25, -0.2) is 4.98 Å². The van der Waals surface area contributed by atoms with E-state index in [1.54, 1.807) is 25.4 Å². The first-order valence-corrected chi connectivity index (χ1v) is 6.20. The summed E-state index contributed by atoms with van der Waals surface area (Å²) in [5.74, 6) is -0.223. The van der Waals surface area contributed by atoms with E-state index >= 15 is 0 Å². The maximum Gasteiger partial charge on any atom is 0.257 e. The molecule has 0 unspecified atom stereocenters. The van der Waals surface area contributed by atoms with Gasteiger partial charge in [0, 0.05) is 18.9 Å². The molecule has 0 atom stereocenters. The highest BCUT2D eigenvalue weighted by molar-refractivity contribution is 6.32. The number of aromatic nitrogens is 1. The molecule has 5 heteroatoms. The van der Waals surface area contributed by atoms with E-state index in [-0.39, 0.29) is 11.1 Å². The summed E-state index contributed by atoms with van der Waals surface area (Å²) in [7, 11) is 1.77. The largest absolute Gasteiger partial charge is 0.387 e. The first kappa shape index (κ1) is 13.4. The van der Waals surface area contributed by atoms with Crippen molar-refractivity contribution in [2.75, 3.05) is 17.7 Å². The molecule has 0 aliphatic carbocycles. The van der Waals surface area contributed by atoms with Crippen LogP contribution in [0.5, 0.6) is 0 Å². The van der Waals surface area contributed by atoms with E-state index < -0.39 is 0 Å². The highest BCUT2D eigenvalue weighted by Crippen LogP contribution is 2.22. The van der Waals surface area contributed by atoms with Crippen LogP contribution < -0.4 is 10.6 Å². The van der Waals surface area contributed by atoms with Gasteiger partial charge in [0.05, 0.1) is 11.3 Å². The van der Waals surface area contributed by atoms with E-state index in [1.807, 2.05) is 25.1 Å². The van der Waals surface area contributed by atoms with E-state index in [2.05, 4.69) is 15.6 Å². The van der Waals surface area contributed by atoms with Crippen molar-refractivity contribution in [3.8, 4) is 0 Å². The van der Waals surface area contributed by atoms with E-state index in [9.17, 15) is 4.79 Å². The van der Waals surface area contributed by atoms with Crippen molar-refractivity contribution in [1.29, 1.82) is 0 Å². The van der Waals surface area contributed by atoms with Gasteiger partial charge in [-0.05, 0) is 30.7 Å². The number of halogens is 1. The zero-order chi connectivity index (χ0) is 13.8. The van der Waals surface area contributed by atoms with Gasteiger partial charge >= 0.3 is 0 Å². The Kier molecular flexibility index (Phi) is 4.02. The molecule has 1 heterocycles. The Bertz CT molecular complexity index is 613. The molecule has 0 bridgehead atoms. The van der Waals surface area contributed by atoms with E-state index in [4.69, 9.17) is 11.6 Å². The quantitative estimate of drug-likeness (QED) is 0.845. The Morgan fingerprint density at radius 2 is 2.00 bits per heavy atom. The summed E-state index contributed by atoms with van der Waals surface area (Å²) in [5.41, 5.74) is 2.76. The van der Waals surface area contributed by atoms with Crippen molar-refractivity contribution >= 4 is 28.9 Å². The lowest BCUT2D eigenvalue weighted by atomic mass is 10.1. The molecule has 1 amide bonds. The van der Waals surface area contributed by atoms with Crippen molar-refractivity contribution in [3.63, 3.8) is 0 Å². The van der Waals surface area contributed by atoms with Crippen molar-refractivity contribution in [2.45, 2.75) is 6.92 Å². The number of nitrogens with one attached hydrogen (secondary N) is 2. The van der Waals surface area contributed by atoms with E-state index in [1.165, 1.54) is 0 Å². The first-order chi connectivity index (χ1) is 9.11. The van der Waals surface area contributed by atoms with Gasteiger partial charge in [-0.1, -0.05) is 23.7 Å². The molecule has 0 saturated carbocycles. The van der Waals surface area contributed by atoms with Crippen molar-refractivity contribution < 1.29 is 4.79 Å². The van der Waals surface area contributed by atoms with Crippen LogP contribution >= 0.6 is 11.6 Å². The van der Waals surface area contributed by atoms with E-state index in [0.29, 0.717) is 11.3 Å². The molecular weight excluding hydrogens is 262 g/mol. The lowest BCUT2D eigenvalue weighted by Gasteiger charge is -2.10. The fourth-order valence-corrected chi connectivity index (χ4v) is 1.88. The predicted molar refractivity (Wildman–Crippen MR) is 77.9 cm³/mol.